The third-order valence-corrected chi connectivity index (χ3v) is 3.51. The molecule has 0 aromatic heterocycles. The lowest BCUT2D eigenvalue weighted by molar-refractivity contribution is -0.136. The van der Waals surface area contributed by atoms with Gasteiger partial charge >= 0.3 is 6.09 Å². The van der Waals surface area contributed by atoms with Crippen LogP contribution < -0.4 is 0 Å². The Kier molecular flexibility index (Phi) is 2.25. The monoisotopic (exact) mass is 211 g/mol. The van der Waals surface area contributed by atoms with E-state index in [-0.39, 0.29) is 17.2 Å². The summed E-state index contributed by atoms with van der Waals surface area (Å²) in [6, 6.07) is 0. The van der Waals surface area contributed by atoms with Gasteiger partial charge in [0.1, 0.15) is 5.60 Å². The second kappa shape index (κ2) is 3.13. The first-order valence-corrected chi connectivity index (χ1v) is 5.87. The summed E-state index contributed by atoms with van der Waals surface area (Å²) in [6.45, 7) is 8.55. The van der Waals surface area contributed by atoms with Gasteiger partial charge in [0.15, 0.2) is 0 Å². The van der Waals surface area contributed by atoms with Gasteiger partial charge in [-0.2, -0.15) is 0 Å². The van der Waals surface area contributed by atoms with Crippen molar-refractivity contribution < 1.29 is 9.53 Å². The van der Waals surface area contributed by atoms with Crippen molar-refractivity contribution in [3.05, 3.63) is 0 Å². The second-order valence-electron chi connectivity index (χ2n) is 5.93. The number of carbonyl (C=O) groups is 1. The summed E-state index contributed by atoms with van der Waals surface area (Å²) in [5.41, 5.74) is -0.199. The van der Waals surface area contributed by atoms with Crippen LogP contribution in [0.15, 0.2) is 0 Å². The van der Waals surface area contributed by atoms with Gasteiger partial charge in [0.25, 0.3) is 0 Å². The summed E-state index contributed by atoms with van der Waals surface area (Å²) >= 11 is 0. The third kappa shape index (κ3) is 1.72. The Bertz CT molecular complexity index is 263. The van der Waals surface area contributed by atoms with Crippen molar-refractivity contribution in [2.45, 2.75) is 58.1 Å². The van der Waals surface area contributed by atoms with Crippen molar-refractivity contribution in [2.24, 2.45) is 5.92 Å². The maximum Gasteiger partial charge on any atom is 0.410 e. The zero-order chi connectivity index (χ0) is 11.3. The topological polar surface area (TPSA) is 29.5 Å². The molecular formula is C12H21NO2. The van der Waals surface area contributed by atoms with Gasteiger partial charge in [0.2, 0.25) is 0 Å². The zero-order valence-electron chi connectivity index (χ0n) is 10.2. The SMILES string of the molecule is CCN(C(=O)OC(C)(C)C)C12CC(C1)C2. The van der Waals surface area contributed by atoms with Gasteiger partial charge in [-0.25, -0.2) is 4.79 Å². The molecule has 0 aromatic rings. The summed E-state index contributed by atoms with van der Waals surface area (Å²) in [5, 5.41) is 0. The van der Waals surface area contributed by atoms with Crippen LogP contribution in [0.2, 0.25) is 0 Å². The molecule has 0 aliphatic heterocycles. The molecule has 0 radical (unpaired) electrons. The van der Waals surface area contributed by atoms with Crippen molar-refractivity contribution in [3.63, 3.8) is 0 Å². The van der Waals surface area contributed by atoms with E-state index < -0.39 is 0 Å². The summed E-state index contributed by atoms with van der Waals surface area (Å²) in [4.78, 5) is 13.9. The first-order chi connectivity index (χ1) is 6.86. The number of rotatable bonds is 2. The van der Waals surface area contributed by atoms with Crippen LogP contribution in [-0.2, 0) is 4.74 Å². The summed E-state index contributed by atoms with van der Waals surface area (Å²) < 4.78 is 5.42. The van der Waals surface area contributed by atoms with Crippen LogP contribution >= 0.6 is 0 Å². The number of amides is 1. The van der Waals surface area contributed by atoms with Crippen LogP contribution in [0.3, 0.4) is 0 Å². The van der Waals surface area contributed by atoms with Gasteiger partial charge in [0.05, 0.1) is 0 Å². The van der Waals surface area contributed by atoms with Crippen LogP contribution in [0.25, 0.3) is 0 Å². The highest BCUT2D eigenvalue weighted by atomic mass is 16.6. The van der Waals surface area contributed by atoms with Gasteiger partial charge in [-0.05, 0) is 52.9 Å². The van der Waals surface area contributed by atoms with E-state index in [2.05, 4.69) is 0 Å². The van der Waals surface area contributed by atoms with Crippen molar-refractivity contribution >= 4 is 6.09 Å². The lowest BCUT2D eigenvalue weighted by atomic mass is 9.49. The minimum Gasteiger partial charge on any atom is -0.444 e. The maximum atomic E-state index is 12.0. The maximum absolute atomic E-state index is 12.0. The molecule has 86 valence electrons. The molecule has 0 atom stereocenters. The quantitative estimate of drug-likeness (QED) is 0.703. The van der Waals surface area contributed by atoms with Crippen molar-refractivity contribution in [1.29, 1.82) is 0 Å². The lowest BCUT2D eigenvalue weighted by Gasteiger charge is -2.65. The van der Waals surface area contributed by atoms with E-state index in [1.165, 1.54) is 19.3 Å². The molecule has 15 heavy (non-hydrogen) atoms. The zero-order valence-corrected chi connectivity index (χ0v) is 10.2. The van der Waals surface area contributed by atoms with Gasteiger partial charge in [-0.1, -0.05) is 0 Å². The Morgan fingerprint density at radius 2 is 1.93 bits per heavy atom. The first kappa shape index (κ1) is 10.8. The van der Waals surface area contributed by atoms with Gasteiger partial charge in [0, 0.05) is 12.1 Å². The van der Waals surface area contributed by atoms with Gasteiger partial charge in [-0.15, -0.1) is 0 Å². The molecule has 1 amide bonds. The fourth-order valence-corrected chi connectivity index (χ4v) is 2.74. The predicted octanol–water partition coefficient (Wildman–Crippen LogP) is 2.80. The first-order valence-electron chi connectivity index (χ1n) is 5.87. The van der Waals surface area contributed by atoms with E-state index in [0.717, 1.165) is 12.5 Å². The number of hydrogen-bond acceptors (Lipinski definition) is 2. The van der Waals surface area contributed by atoms with Crippen LogP contribution in [0, 0.1) is 5.92 Å². The average molecular weight is 211 g/mol. The van der Waals surface area contributed by atoms with Crippen molar-refractivity contribution in [3.8, 4) is 0 Å². The summed E-state index contributed by atoms with van der Waals surface area (Å²) in [5.74, 6) is 0.890. The number of carbonyl (C=O) groups excluding carboxylic acids is 1. The van der Waals surface area contributed by atoms with E-state index in [1.807, 2.05) is 32.6 Å². The van der Waals surface area contributed by atoms with E-state index in [1.54, 1.807) is 0 Å². The normalized spacial score (nSPS) is 32.7. The fraction of sp³-hybridized carbons (Fsp3) is 0.917. The predicted molar refractivity (Wildman–Crippen MR) is 58.7 cm³/mol. The molecule has 3 saturated carbocycles. The van der Waals surface area contributed by atoms with Gasteiger partial charge in [-0.3, -0.25) is 0 Å². The highest BCUT2D eigenvalue weighted by Gasteiger charge is 2.61. The van der Waals surface area contributed by atoms with E-state index in [0.29, 0.717) is 0 Å². The third-order valence-electron chi connectivity index (χ3n) is 3.51. The Balaban J connectivity index is 1.97. The Hall–Kier alpha value is -0.730. The van der Waals surface area contributed by atoms with Crippen LogP contribution in [0.4, 0.5) is 4.79 Å². The average Bonchev–Trinajstić information content (AvgIpc) is 1.89. The largest absolute Gasteiger partial charge is 0.444 e. The van der Waals surface area contributed by atoms with Crippen molar-refractivity contribution in [2.75, 3.05) is 6.54 Å². The fourth-order valence-electron chi connectivity index (χ4n) is 2.74. The standard InChI is InChI=1S/C12H21NO2/c1-5-13(10(14)15-11(2,3)4)12-6-9(7-12)8-12/h9H,5-8H2,1-4H3. The summed E-state index contributed by atoms with van der Waals surface area (Å²) in [7, 11) is 0. The molecule has 0 spiro atoms. The summed E-state index contributed by atoms with van der Waals surface area (Å²) in [6.07, 6.45) is 3.45. The van der Waals surface area contributed by atoms with E-state index in [9.17, 15) is 4.79 Å². The van der Waals surface area contributed by atoms with Gasteiger partial charge < -0.3 is 9.64 Å². The number of nitrogens with zero attached hydrogens (tertiary/aromatic N) is 1. The highest BCUT2D eigenvalue weighted by Crippen LogP contribution is 2.60. The molecule has 3 fully saturated rings. The Morgan fingerprint density at radius 3 is 2.20 bits per heavy atom. The van der Waals surface area contributed by atoms with Crippen molar-refractivity contribution in [1.82, 2.24) is 4.90 Å². The number of hydrogen-bond donors (Lipinski definition) is 0. The second-order valence-corrected chi connectivity index (χ2v) is 5.93. The molecule has 0 N–H and O–H groups in total. The minimum atomic E-state index is -0.381. The molecule has 0 heterocycles. The van der Waals surface area contributed by atoms with Crippen LogP contribution in [0.1, 0.15) is 47.0 Å². The molecule has 0 aromatic carbocycles. The number of ether oxygens (including phenoxy) is 1. The highest BCUT2D eigenvalue weighted by molar-refractivity contribution is 5.70. The molecule has 3 aliphatic carbocycles. The Morgan fingerprint density at radius 1 is 1.40 bits per heavy atom. The smallest absolute Gasteiger partial charge is 0.410 e. The minimum absolute atomic E-state index is 0.136. The molecule has 3 rings (SSSR count). The molecule has 3 nitrogen and oxygen atoms in total. The Labute approximate surface area is 91.8 Å². The van der Waals surface area contributed by atoms with E-state index in [4.69, 9.17) is 4.74 Å². The van der Waals surface area contributed by atoms with Crippen LogP contribution in [-0.4, -0.2) is 28.7 Å². The molecule has 2 bridgehead atoms. The van der Waals surface area contributed by atoms with Crippen LogP contribution in [0.5, 0.6) is 0 Å². The molecule has 3 aliphatic rings. The molecule has 0 saturated heterocycles. The van der Waals surface area contributed by atoms with E-state index >= 15 is 0 Å². The molecular weight excluding hydrogens is 190 g/mol. The molecule has 0 unspecified atom stereocenters. The lowest BCUT2D eigenvalue weighted by Crippen LogP contribution is -2.69. The molecule has 3 heteroatoms.